The van der Waals surface area contributed by atoms with Gasteiger partial charge in [0.2, 0.25) is 0 Å². The molecule has 1 heterocycles. The van der Waals surface area contributed by atoms with Crippen molar-refractivity contribution in [3.05, 3.63) is 0 Å². The molecule has 2 heteroatoms. The SMILES string of the molecule is CCCCC(CC)CC(=O)C1(C)CCCO1. The first-order valence-electron chi connectivity index (χ1n) is 6.79. The lowest BCUT2D eigenvalue weighted by atomic mass is 9.86. The Hall–Kier alpha value is -0.370. The second-order valence-corrected chi connectivity index (χ2v) is 5.23. The first kappa shape index (κ1) is 13.7. The summed E-state index contributed by atoms with van der Waals surface area (Å²) in [5.74, 6) is 0.890. The fourth-order valence-corrected chi connectivity index (χ4v) is 2.42. The van der Waals surface area contributed by atoms with Gasteiger partial charge in [-0.15, -0.1) is 0 Å². The van der Waals surface area contributed by atoms with E-state index in [2.05, 4.69) is 13.8 Å². The van der Waals surface area contributed by atoms with Crippen LogP contribution in [0.5, 0.6) is 0 Å². The molecule has 1 aliphatic rings. The number of ether oxygens (including phenoxy) is 1. The van der Waals surface area contributed by atoms with Crippen LogP contribution in [0.15, 0.2) is 0 Å². The summed E-state index contributed by atoms with van der Waals surface area (Å²) in [6.07, 6.45) is 7.43. The van der Waals surface area contributed by atoms with E-state index in [9.17, 15) is 4.79 Å². The molecule has 2 atom stereocenters. The summed E-state index contributed by atoms with van der Waals surface area (Å²) in [5.41, 5.74) is -0.459. The third-order valence-electron chi connectivity index (χ3n) is 3.83. The highest BCUT2D eigenvalue weighted by atomic mass is 16.5. The van der Waals surface area contributed by atoms with Gasteiger partial charge in [-0.1, -0.05) is 39.5 Å². The van der Waals surface area contributed by atoms with Gasteiger partial charge in [-0.25, -0.2) is 0 Å². The van der Waals surface area contributed by atoms with Crippen LogP contribution in [0, 0.1) is 5.92 Å². The van der Waals surface area contributed by atoms with Crippen LogP contribution in [-0.4, -0.2) is 18.0 Å². The highest BCUT2D eigenvalue weighted by Crippen LogP contribution is 2.30. The maximum Gasteiger partial charge on any atom is 0.164 e. The van der Waals surface area contributed by atoms with Gasteiger partial charge in [0.05, 0.1) is 0 Å². The van der Waals surface area contributed by atoms with Crippen molar-refractivity contribution in [3.8, 4) is 0 Å². The Morgan fingerprint density at radius 3 is 2.69 bits per heavy atom. The number of unbranched alkanes of at least 4 members (excludes halogenated alkanes) is 1. The Labute approximate surface area is 99.8 Å². The normalized spacial score (nSPS) is 26.9. The number of hydrogen-bond acceptors (Lipinski definition) is 2. The summed E-state index contributed by atoms with van der Waals surface area (Å²) in [6, 6.07) is 0. The number of carbonyl (C=O) groups excluding carboxylic acids is 1. The Balaban J connectivity index is 2.41. The lowest BCUT2D eigenvalue weighted by Crippen LogP contribution is -2.35. The summed E-state index contributed by atoms with van der Waals surface area (Å²) in [6.45, 7) is 7.12. The van der Waals surface area contributed by atoms with E-state index in [1.54, 1.807) is 0 Å². The minimum Gasteiger partial charge on any atom is -0.368 e. The predicted octanol–water partition coefficient (Wildman–Crippen LogP) is 3.73. The fraction of sp³-hybridized carbons (Fsp3) is 0.929. The van der Waals surface area contributed by atoms with Crippen LogP contribution in [0.2, 0.25) is 0 Å². The quantitative estimate of drug-likeness (QED) is 0.661. The summed E-state index contributed by atoms with van der Waals surface area (Å²) >= 11 is 0. The molecule has 0 bridgehead atoms. The summed E-state index contributed by atoms with van der Waals surface area (Å²) in [7, 11) is 0. The smallest absolute Gasteiger partial charge is 0.164 e. The second-order valence-electron chi connectivity index (χ2n) is 5.23. The van der Waals surface area contributed by atoms with Gasteiger partial charge in [0.25, 0.3) is 0 Å². The molecular weight excluding hydrogens is 200 g/mol. The van der Waals surface area contributed by atoms with Gasteiger partial charge in [-0.2, -0.15) is 0 Å². The van der Waals surface area contributed by atoms with E-state index in [0.717, 1.165) is 25.9 Å². The van der Waals surface area contributed by atoms with Crippen molar-refractivity contribution in [3.63, 3.8) is 0 Å². The molecule has 0 saturated carbocycles. The zero-order valence-electron chi connectivity index (χ0n) is 11.1. The number of Topliss-reactive ketones (excluding diaryl/α,β-unsaturated/α-hetero) is 1. The molecule has 0 N–H and O–H groups in total. The van der Waals surface area contributed by atoms with Crippen molar-refractivity contribution in [1.82, 2.24) is 0 Å². The number of carbonyl (C=O) groups is 1. The van der Waals surface area contributed by atoms with E-state index >= 15 is 0 Å². The Bertz CT molecular complexity index is 217. The van der Waals surface area contributed by atoms with Crippen LogP contribution in [0.25, 0.3) is 0 Å². The Kier molecular flexibility index (Phi) is 5.47. The number of rotatable bonds is 7. The molecule has 94 valence electrons. The first-order chi connectivity index (χ1) is 7.62. The van der Waals surface area contributed by atoms with Gasteiger partial charge in [-0.05, 0) is 25.7 Å². The van der Waals surface area contributed by atoms with Crippen LogP contribution in [0.1, 0.15) is 65.7 Å². The first-order valence-corrected chi connectivity index (χ1v) is 6.79. The van der Waals surface area contributed by atoms with E-state index < -0.39 is 5.60 Å². The Morgan fingerprint density at radius 1 is 1.44 bits per heavy atom. The summed E-state index contributed by atoms with van der Waals surface area (Å²) < 4.78 is 5.60. The average molecular weight is 226 g/mol. The number of ketones is 1. The summed E-state index contributed by atoms with van der Waals surface area (Å²) in [4.78, 5) is 12.2. The summed E-state index contributed by atoms with van der Waals surface area (Å²) in [5, 5.41) is 0. The minimum atomic E-state index is -0.459. The van der Waals surface area contributed by atoms with Gasteiger partial charge in [-0.3, -0.25) is 4.79 Å². The van der Waals surface area contributed by atoms with Crippen molar-refractivity contribution < 1.29 is 9.53 Å². The molecule has 2 nitrogen and oxygen atoms in total. The third kappa shape index (κ3) is 3.58. The molecule has 1 saturated heterocycles. The van der Waals surface area contributed by atoms with Gasteiger partial charge in [0, 0.05) is 13.0 Å². The van der Waals surface area contributed by atoms with Gasteiger partial charge < -0.3 is 4.74 Å². The van der Waals surface area contributed by atoms with E-state index in [4.69, 9.17) is 4.74 Å². The van der Waals surface area contributed by atoms with Crippen LogP contribution in [0.4, 0.5) is 0 Å². The molecule has 2 unspecified atom stereocenters. The molecule has 0 aromatic rings. The molecule has 1 rings (SSSR count). The molecule has 0 radical (unpaired) electrons. The van der Waals surface area contributed by atoms with Crippen molar-refractivity contribution in [2.45, 2.75) is 71.3 Å². The van der Waals surface area contributed by atoms with E-state index in [1.807, 2.05) is 6.92 Å². The maximum atomic E-state index is 12.2. The van der Waals surface area contributed by atoms with Crippen LogP contribution in [0.3, 0.4) is 0 Å². The standard InChI is InChI=1S/C14H26O2/c1-4-6-8-12(5-2)11-13(15)14(3)9-7-10-16-14/h12H,4-11H2,1-3H3. The van der Waals surface area contributed by atoms with E-state index in [0.29, 0.717) is 18.1 Å². The second kappa shape index (κ2) is 6.39. The van der Waals surface area contributed by atoms with E-state index in [1.165, 1.54) is 19.3 Å². The largest absolute Gasteiger partial charge is 0.368 e. The zero-order chi connectivity index (χ0) is 12.0. The lowest BCUT2D eigenvalue weighted by molar-refractivity contribution is -0.138. The van der Waals surface area contributed by atoms with Crippen molar-refractivity contribution in [1.29, 1.82) is 0 Å². The molecule has 0 aliphatic carbocycles. The van der Waals surface area contributed by atoms with Crippen molar-refractivity contribution in [2.24, 2.45) is 5.92 Å². The maximum absolute atomic E-state index is 12.2. The molecule has 0 aromatic carbocycles. The molecule has 0 spiro atoms. The highest BCUT2D eigenvalue weighted by Gasteiger charge is 2.37. The van der Waals surface area contributed by atoms with E-state index in [-0.39, 0.29) is 0 Å². The third-order valence-corrected chi connectivity index (χ3v) is 3.83. The molecule has 1 aliphatic heterocycles. The molecule has 16 heavy (non-hydrogen) atoms. The van der Waals surface area contributed by atoms with Crippen molar-refractivity contribution in [2.75, 3.05) is 6.61 Å². The Morgan fingerprint density at radius 2 is 2.19 bits per heavy atom. The monoisotopic (exact) mass is 226 g/mol. The lowest BCUT2D eigenvalue weighted by Gasteiger charge is -2.24. The topological polar surface area (TPSA) is 26.3 Å². The van der Waals surface area contributed by atoms with Crippen LogP contribution >= 0.6 is 0 Å². The average Bonchev–Trinajstić information content (AvgIpc) is 2.72. The molecule has 0 amide bonds. The van der Waals surface area contributed by atoms with Crippen molar-refractivity contribution >= 4 is 5.78 Å². The zero-order valence-corrected chi connectivity index (χ0v) is 11.1. The fourth-order valence-electron chi connectivity index (χ4n) is 2.42. The van der Waals surface area contributed by atoms with Gasteiger partial charge >= 0.3 is 0 Å². The predicted molar refractivity (Wildman–Crippen MR) is 66.5 cm³/mol. The van der Waals surface area contributed by atoms with Gasteiger partial charge in [0.15, 0.2) is 5.78 Å². The molecular formula is C14H26O2. The highest BCUT2D eigenvalue weighted by molar-refractivity contribution is 5.87. The molecule has 1 fully saturated rings. The minimum absolute atomic E-state index is 0.327. The molecule has 0 aromatic heterocycles. The van der Waals surface area contributed by atoms with Crippen LogP contribution in [-0.2, 0) is 9.53 Å². The van der Waals surface area contributed by atoms with Crippen LogP contribution < -0.4 is 0 Å². The van der Waals surface area contributed by atoms with Gasteiger partial charge in [0.1, 0.15) is 5.60 Å². The number of hydrogen-bond donors (Lipinski definition) is 0.